The lowest BCUT2D eigenvalue weighted by atomic mass is 9.93. The van der Waals surface area contributed by atoms with E-state index < -0.39 is 0 Å². The van der Waals surface area contributed by atoms with Crippen molar-refractivity contribution in [2.24, 2.45) is 11.0 Å². The summed E-state index contributed by atoms with van der Waals surface area (Å²) in [6.07, 6.45) is 7.64. The Morgan fingerprint density at radius 1 is 1.15 bits per heavy atom. The summed E-state index contributed by atoms with van der Waals surface area (Å²) in [6, 6.07) is 9.19. The summed E-state index contributed by atoms with van der Waals surface area (Å²) in [5.41, 5.74) is 7.54. The number of benzene rings is 1. The molecule has 0 aromatic heterocycles. The van der Waals surface area contributed by atoms with E-state index in [4.69, 9.17) is 4.74 Å². The van der Waals surface area contributed by atoms with Gasteiger partial charge < -0.3 is 15.0 Å². The zero-order chi connectivity index (χ0) is 28.7. The fraction of sp³-hybridized carbons (Fsp3) is 0.625. The minimum Gasteiger partial charge on any atom is -0.436 e. The smallest absolute Gasteiger partial charge is 0.257 e. The molecule has 222 valence electrons. The molecule has 0 bridgehead atoms. The highest BCUT2D eigenvalue weighted by Crippen LogP contribution is 2.53. The van der Waals surface area contributed by atoms with Gasteiger partial charge in [0.2, 0.25) is 6.35 Å². The molecular formula is C32H47N7O2. The van der Waals surface area contributed by atoms with Crippen LogP contribution < -0.4 is 16.1 Å². The number of hydrazone groups is 1. The summed E-state index contributed by atoms with van der Waals surface area (Å²) in [4.78, 5) is 20.7. The zero-order valence-electron chi connectivity index (χ0n) is 25.3. The van der Waals surface area contributed by atoms with Crippen LogP contribution in [0.1, 0.15) is 62.9 Å². The van der Waals surface area contributed by atoms with E-state index in [9.17, 15) is 4.79 Å². The van der Waals surface area contributed by atoms with E-state index in [-0.39, 0.29) is 23.7 Å². The molecule has 3 fully saturated rings. The number of nitrogens with one attached hydrogen (secondary N) is 3. The zero-order valence-corrected chi connectivity index (χ0v) is 25.3. The van der Waals surface area contributed by atoms with Crippen LogP contribution in [0.25, 0.3) is 0 Å². The molecule has 1 spiro atoms. The van der Waals surface area contributed by atoms with E-state index in [1.807, 2.05) is 31.2 Å². The summed E-state index contributed by atoms with van der Waals surface area (Å²) in [5, 5.41) is 11.2. The predicted molar refractivity (Wildman–Crippen MR) is 162 cm³/mol. The second-order valence-corrected chi connectivity index (χ2v) is 12.8. The summed E-state index contributed by atoms with van der Waals surface area (Å²) < 4.78 is 5.91. The SMILES string of the molecule is CCNC1NN=C(C2=CC=C(N3C[C@]4(CC4C)N(C4CCN(CC(=O)c5ccc(C)cc5)CC4)C[C@H]3C)C(C)N2)O1. The quantitative estimate of drug-likeness (QED) is 0.418. The third-order valence-electron chi connectivity index (χ3n) is 9.87. The summed E-state index contributed by atoms with van der Waals surface area (Å²) >= 11 is 0. The van der Waals surface area contributed by atoms with Crippen LogP contribution in [0.4, 0.5) is 0 Å². The Hall–Kier alpha value is -2.88. The van der Waals surface area contributed by atoms with Crippen molar-refractivity contribution in [3.8, 4) is 0 Å². The van der Waals surface area contributed by atoms with Crippen LogP contribution in [0.2, 0.25) is 0 Å². The number of Topliss-reactive ketones (excluding diaryl/α,β-unsaturated/α-hetero) is 1. The van der Waals surface area contributed by atoms with E-state index in [0.717, 1.165) is 56.8 Å². The van der Waals surface area contributed by atoms with E-state index in [0.29, 0.717) is 30.4 Å². The van der Waals surface area contributed by atoms with Crippen molar-refractivity contribution in [3.05, 3.63) is 58.9 Å². The van der Waals surface area contributed by atoms with E-state index in [1.54, 1.807) is 0 Å². The molecule has 3 unspecified atom stereocenters. The molecule has 1 aromatic rings. The van der Waals surface area contributed by atoms with Crippen molar-refractivity contribution in [2.45, 2.75) is 83.9 Å². The third kappa shape index (κ3) is 5.64. The first-order chi connectivity index (χ1) is 19.8. The predicted octanol–water partition coefficient (Wildman–Crippen LogP) is 3.01. The number of hydrogen-bond donors (Lipinski definition) is 3. The van der Waals surface area contributed by atoms with Crippen LogP contribution in [0, 0.1) is 12.8 Å². The molecular weight excluding hydrogens is 514 g/mol. The van der Waals surface area contributed by atoms with Gasteiger partial charge in [-0.15, -0.1) is 5.10 Å². The largest absolute Gasteiger partial charge is 0.436 e. The Morgan fingerprint density at radius 3 is 2.54 bits per heavy atom. The van der Waals surface area contributed by atoms with Gasteiger partial charge in [0.15, 0.2) is 5.78 Å². The Morgan fingerprint density at radius 2 is 1.88 bits per heavy atom. The van der Waals surface area contributed by atoms with E-state index >= 15 is 0 Å². The lowest BCUT2D eigenvalue weighted by Crippen LogP contribution is -2.64. The molecule has 0 radical (unpaired) electrons. The number of ketones is 1. The first-order valence-electron chi connectivity index (χ1n) is 15.5. The van der Waals surface area contributed by atoms with Crippen molar-refractivity contribution in [3.63, 3.8) is 0 Å². The molecule has 9 heteroatoms. The summed E-state index contributed by atoms with van der Waals surface area (Å²) in [5.74, 6) is 1.54. The molecule has 3 N–H and O–H groups in total. The molecule has 4 aliphatic heterocycles. The number of rotatable bonds is 8. The van der Waals surface area contributed by atoms with Gasteiger partial charge >= 0.3 is 0 Å². The van der Waals surface area contributed by atoms with Gasteiger partial charge in [-0.1, -0.05) is 43.7 Å². The second-order valence-electron chi connectivity index (χ2n) is 12.8. The number of allylic oxidation sites excluding steroid dienone is 2. The van der Waals surface area contributed by atoms with Gasteiger partial charge in [0.1, 0.15) is 0 Å². The van der Waals surface area contributed by atoms with Crippen molar-refractivity contribution >= 4 is 11.7 Å². The fourth-order valence-corrected chi connectivity index (χ4v) is 7.30. The number of piperazine rings is 1. The maximum absolute atomic E-state index is 12.9. The molecule has 2 saturated heterocycles. The van der Waals surface area contributed by atoms with Crippen molar-refractivity contribution in [1.82, 2.24) is 30.8 Å². The molecule has 1 aliphatic carbocycles. The molecule has 1 saturated carbocycles. The first-order valence-corrected chi connectivity index (χ1v) is 15.5. The summed E-state index contributed by atoms with van der Waals surface area (Å²) in [6.45, 7) is 16.6. The van der Waals surface area contributed by atoms with Crippen molar-refractivity contribution in [1.29, 1.82) is 0 Å². The number of ether oxygens (including phenoxy) is 1. The minimum absolute atomic E-state index is 0.175. The fourth-order valence-electron chi connectivity index (χ4n) is 7.30. The molecule has 4 heterocycles. The van der Waals surface area contributed by atoms with Gasteiger partial charge in [-0.2, -0.15) is 0 Å². The lowest BCUT2D eigenvalue weighted by molar-refractivity contribution is -0.0184. The van der Waals surface area contributed by atoms with Gasteiger partial charge in [0.25, 0.3) is 5.90 Å². The number of carbonyl (C=O) groups excluding carboxylic acids is 1. The molecule has 5 atom stereocenters. The van der Waals surface area contributed by atoms with E-state index in [1.165, 1.54) is 17.7 Å². The number of carbonyl (C=O) groups is 1. The highest BCUT2D eigenvalue weighted by atomic mass is 16.5. The van der Waals surface area contributed by atoms with Gasteiger partial charge in [0, 0.05) is 55.1 Å². The number of nitrogens with zero attached hydrogens (tertiary/aromatic N) is 4. The molecule has 0 amide bonds. The highest BCUT2D eigenvalue weighted by Gasteiger charge is 2.60. The second kappa shape index (κ2) is 11.4. The van der Waals surface area contributed by atoms with E-state index in [2.05, 4.69) is 75.7 Å². The van der Waals surface area contributed by atoms with Crippen LogP contribution in [0.3, 0.4) is 0 Å². The highest BCUT2D eigenvalue weighted by molar-refractivity contribution is 5.97. The maximum atomic E-state index is 12.9. The van der Waals surface area contributed by atoms with Crippen LogP contribution in [-0.4, -0.2) is 95.7 Å². The van der Waals surface area contributed by atoms with Crippen LogP contribution >= 0.6 is 0 Å². The van der Waals surface area contributed by atoms with Crippen molar-refractivity contribution < 1.29 is 9.53 Å². The Kier molecular flexibility index (Phi) is 7.87. The molecule has 5 aliphatic rings. The monoisotopic (exact) mass is 561 g/mol. The summed E-state index contributed by atoms with van der Waals surface area (Å²) in [7, 11) is 0. The molecule has 1 aromatic carbocycles. The Labute approximate surface area is 245 Å². The average molecular weight is 562 g/mol. The van der Waals surface area contributed by atoms with Crippen LogP contribution in [0.15, 0.2) is 52.9 Å². The van der Waals surface area contributed by atoms with Gasteiger partial charge in [-0.25, -0.2) is 0 Å². The molecule has 9 nitrogen and oxygen atoms in total. The minimum atomic E-state index is -0.275. The van der Waals surface area contributed by atoms with Gasteiger partial charge in [-0.3, -0.25) is 25.3 Å². The lowest BCUT2D eigenvalue weighted by Gasteiger charge is -2.53. The normalized spacial score (nSPS) is 32.5. The van der Waals surface area contributed by atoms with Gasteiger partial charge in [-0.05, 0) is 64.6 Å². The standard InChI is InChI=1S/C32H47N7O2/c1-6-33-31-36-35-30(41-31)27-11-12-28(24(5)34-27)38-20-32(17-22(32)3)39(18-23(38)4)26-13-15-37(16-14-26)19-29(40)25-9-7-21(2)8-10-25/h7-12,22-24,26,31,33-34,36H,6,13-20H2,1-5H3/t22?,23-,24?,31?,32+/m1/s1. The van der Waals surface area contributed by atoms with Crippen molar-refractivity contribution in [2.75, 3.05) is 39.3 Å². The third-order valence-corrected chi connectivity index (χ3v) is 9.87. The Bertz CT molecular complexity index is 1220. The number of likely N-dealkylation sites (tertiary alicyclic amines) is 1. The molecule has 6 rings (SSSR count). The number of aryl methyl sites for hydroxylation is 1. The number of hydrogen-bond acceptors (Lipinski definition) is 9. The van der Waals surface area contributed by atoms with Crippen LogP contribution in [-0.2, 0) is 4.74 Å². The molecule has 41 heavy (non-hydrogen) atoms. The number of dihydropyridines is 1. The average Bonchev–Trinajstić information content (AvgIpc) is 3.35. The topological polar surface area (TPSA) is 84.5 Å². The van der Waals surface area contributed by atoms with Gasteiger partial charge in [0.05, 0.1) is 18.3 Å². The Balaban J connectivity index is 1.08. The van der Waals surface area contributed by atoms with Crippen LogP contribution in [0.5, 0.6) is 0 Å². The number of piperidine rings is 1. The first kappa shape index (κ1) is 28.2. The maximum Gasteiger partial charge on any atom is 0.257 e.